The summed E-state index contributed by atoms with van der Waals surface area (Å²) >= 11 is 0. The molecule has 0 amide bonds. The summed E-state index contributed by atoms with van der Waals surface area (Å²) in [4.78, 5) is 18.8. The van der Waals surface area contributed by atoms with Crippen molar-refractivity contribution in [3.63, 3.8) is 0 Å². The Morgan fingerprint density at radius 2 is 2.03 bits per heavy atom. The van der Waals surface area contributed by atoms with E-state index >= 15 is 0 Å². The molecule has 4 rings (SSSR count). The van der Waals surface area contributed by atoms with Gasteiger partial charge in [0.2, 0.25) is 12.7 Å². The Balaban J connectivity index is 1.62. The monoisotopic (exact) mass is 445 g/mol. The van der Waals surface area contributed by atoms with Crippen molar-refractivity contribution in [2.24, 2.45) is 4.99 Å². The van der Waals surface area contributed by atoms with Crippen LogP contribution in [0.5, 0.6) is 5.75 Å². The van der Waals surface area contributed by atoms with Gasteiger partial charge in [-0.15, -0.1) is 4.68 Å². The number of rotatable bonds is 5. The second-order valence-electron chi connectivity index (χ2n) is 6.71. The number of nitrogens with zero attached hydrogens (tertiary/aromatic N) is 7. The fourth-order valence-corrected chi connectivity index (χ4v) is 3.23. The van der Waals surface area contributed by atoms with Gasteiger partial charge in [0.15, 0.2) is 6.19 Å². The zero-order valence-electron chi connectivity index (χ0n) is 16.8. The molecule has 2 aromatic heterocycles. The van der Waals surface area contributed by atoms with Gasteiger partial charge in [0, 0.05) is 5.56 Å². The van der Waals surface area contributed by atoms with Crippen LogP contribution in [-0.2, 0) is 6.73 Å². The Morgan fingerprint density at radius 3 is 2.67 bits per heavy atom. The number of fused-ring (bicyclic) bond motifs is 1. The first kappa shape index (κ1) is 20.9. The summed E-state index contributed by atoms with van der Waals surface area (Å²) in [5, 5.41) is 38.1. The molecule has 0 fully saturated rings. The van der Waals surface area contributed by atoms with E-state index in [1.54, 1.807) is 30.5 Å². The number of hydrogen-bond donors (Lipinski definition) is 4. The quantitative estimate of drug-likeness (QED) is 0.189. The molecule has 1 aromatic carbocycles. The summed E-state index contributed by atoms with van der Waals surface area (Å²) in [5.41, 5.74) is 13.4. The number of hydrogen-bond acceptors (Lipinski definition) is 12. The van der Waals surface area contributed by atoms with Crippen LogP contribution < -0.4 is 26.8 Å². The van der Waals surface area contributed by atoms with E-state index in [9.17, 15) is 15.4 Å². The van der Waals surface area contributed by atoms with Crippen molar-refractivity contribution >= 4 is 29.1 Å². The minimum Gasteiger partial charge on any atom is -0.469 e. The van der Waals surface area contributed by atoms with E-state index in [0.717, 1.165) is 0 Å². The molecule has 0 aliphatic carbocycles. The summed E-state index contributed by atoms with van der Waals surface area (Å²) in [6.45, 7) is -0.0283. The Morgan fingerprint density at radius 1 is 1.27 bits per heavy atom. The molecule has 1 atom stereocenters. The van der Waals surface area contributed by atoms with Gasteiger partial charge in [-0.25, -0.2) is 9.98 Å². The number of nitro groups is 1. The first-order valence-electron chi connectivity index (χ1n) is 9.30. The molecule has 1 aliphatic heterocycles. The highest BCUT2D eigenvalue weighted by atomic mass is 16.6. The zero-order chi connectivity index (χ0) is 23.5. The number of aromatic nitrogens is 3. The Kier molecular flexibility index (Phi) is 5.32. The Labute approximate surface area is 185 Å². The average Bonchev–Trinajstić information content (AvgIpc) is 3.27. The van der Waals surface area contributed by atoms with Gasteiger partial charge in [0.25, 0.3) is 0 Å². The summed E-state index contributed by atoms with van der Waals surface area (Å²) in [6.07, 6.45) is 3.22. The Hall–Kier alpha value is -5.37. The predicted octanol–water partition coefficient (Wildman–Crippen LogP) is 1.20. The molecule has 0 spiro atoms. The minimum atomic E-state index is -0.680. The topological polar surface area (TPSA) is 219 Å². The Bertz CT molecular complexity index is 1350. The number of guanidine groups is 1. The molecule has 1 aliphatic rings. The van der Waals surface area contributed by atoms with Crippen molar-refractivity contribution in [3.05, 3.63) is 63.3 Å². The first-order valence-corrected chi connectivity index (χ1v) is 9.30. The van der Waals surface area contributed by atoms with Crippen LogP contribution >= 0.6 is 0 Å². The van der Waals surface area contributed by atoms with Gasteiger partial charge in [-0.3, -0.25) is 5.32 Å². The molecule has 0 radical (unpaired) electrons. The van der Waals surface area contributed by atoms with Crippen LogP contribution in [0.2, 0.25) is 0 Å². The predicted molar refractivity (Wildman–Crippen MR) is 115 cm³/mol. The summed E-state index contributed by atoms with van der Waals surface area (Å²) in [7, 11) is 0. The van der Waals surface area contributed by atoms with Gasteiger partial charge < -0.3 is 31.6 Å². The molecule has 3 heterocycles. The molecule has 0 saturated heterocycles. The van der Waals surface area contributed by atoms with Crippen molar-refractivity contribution in [1.82, 2.24) is 20.1 Å². The molecule has 1 unspecified atom stereocenters. The van der Waals surface area contributed by atoms with E-state index in [1.165, 1.54) is 16.9 Å². The standard InChI is InChI=1S/C19H15N11O3/c20-7-12-15(22)14-16(25-19(24-8-21)27-18(14)26-17(12)23)10-1-3-11(4-2-10)33-9-29-6-5-13(28-29)30(31)32/h1-6,16H,9H2,(H6,22,23,24,25,26,27). The average molecular weight is 445 g/mol. The summed E-state index contributed by atoms with van der Waals surface area (Å²) in [5.74, 6) is 0.586. The van der Waals surface area contributed by atoms with Crippen molar-refractivity contribution in [2.75, 3.05) is 16.8 Å². The van der Waals surface area contributed by atoms with Crippen molar-refractivity contribution < 1.29 is 9.66 Å². The van der Waals surface area contributed by atoms with Crippen LogP contribution in [0.3, 0.4) is 0 Å². The highest BCUT2D eigenvalue weighted by Gasteiger charge is 2.29. The molecule has 3 aromatic rings. The minimum absolute atomic E-state index is 0.0283. The van der Waals surface area contributed by atoms with Gasteiger partial charge in [-0.05, 0) is 22.6 Å². The number of aliphatic imine (C=N–C) groups is 1. The normalized spacial score (nSPS) is 14.1. The fourth-order valence-electron chi connectivity index (χ4n) is 3.23. The maximum atomic E-state index is 10.7. The van der Waals surface area contributed by atoms with E-state index in [4.69, 9.17) is 21.5 Å². The number of nitriles is 2. The van der Waals surface area contributed by atoms with Gasteiger partial charge in [-0.1, -0.05) is 12.1 Å². The number of nitrogens with two attached hydrogens (primary N) is 2. The van der Waals surface area contributed by atoms with Crippen molar-refractivity contribution in [1.29, 1.82) is 10.5 Å². The molecule has 14 nitrogen and oxygen atoms in total. The molecular formula is C19H15N11O3. The lowest BCUT2D eigenvalue weighted by molar-refractivity contribution is -0.389. The largest absolute Gasteiger partial charge is 0.469 e. The van der Waals surface area contributed by atoms with Crippen molar-refractivity contribution in [3.8, 4) is 18.0 Å². The van der Waals surface area contributed by atoms with E-state index in [-0.39, 0.29) is 41.4 Å². The number of nitrogen functional groups attached to an aromatic ring is 2. The van der Waals surface area contributed by atoms with E-state index in [0.29, 0.717) is 16.9 Å². The highest BCUT2D eigenvalue weighted by molar-refractivity contribution is 5.98. The maximum Gasteiger partial charge on any atom is 0.390 e. The third-order valence-corrected chi connectivity index (χ3v) is 4.73. The summed E-state index contributed by atoms with van der Waals surface area (Å²) in [6, 6.07) is 9.35. The van der Waals surface area contributed by atoms with E-state index in [2.05, 4.69) is 25.7 Å². The molecule has 6 N–H and O–H groups in total. The van der Waals surface area contributed by atoms with Crippen LogP contribution in [0.1, 0.15) is 22.7 Å². The molecule has 14 heteroatoms. The van der Waals surface area contributed by atoms with Gasteiger partial charge in [0.1, 0.15) is 35.1 Å². The highest BCUT2D eigenvalue weighted by Crippen LogP contribution is 2.40. The SMILES string of the molecule is N#CNC1=NC(c2ccc(OCn3ccc([N+](=O)[O-])n3)cc2)c2c(nc(N)c(C#N)c2N)N1. The number of anilines is 3. The van der Waals surface area contributed by atoms with Crippen LogP contribution in [0.25, 0.3) is 0 Å². The number of benzene rings is 1. The lowest BCUT2D eigenvalue weighted by atomic mass is 9.95. The molecular weight excluding hydrogens is 430 g/mol. The van der Waals surface area contributed by atoms with Gasteiger partial charge in [0.05, 0.1) is 23.0 Å². The van der Waals surface area contributed by atoms with E-state index in [1.807, 2.05) is 6.07 Å². The number of pyridine rings is 1. The third kappa shape index (κ3) is 3.99. The smallest absolute Gasteiger partial charge is 0.390 e. The second kappa shape index (κ2) is 8.40. The summed E-state index contributed by atoms with van der Waals surface area (Å²) < 4.78 is 6.90. The number of ether oxygens (including phenoxy) is 1. The van der Waals surface area contributed by atoms with Crippen LogP contribution in [0.15, 0.2) is 41.5 Å². The van der Waals surface area contributed by atoms with Gasteiger partial charge >= 0.3 is 5.82 Å². The van der Waals surface area contributed by atoms with Crippen LogP contribution in [0, 0.1) is 32.9 Å². The third-order valence-electron chi connectivity index (χ3n) is 4.73. The zero-order valence-corrected chi connectivity index (χ0v) is 16.8. The van der Waals surface area contributed by atoms with Gasteiger partial charge in [-0.2, -0.15) is 10.5 Å². The van der Waals surface area contributed by atoms with Crippen LogP contribution in [-0.4, -0.2) is 25.6 Å². The molecule has 0 bridgehead atoms. The maximum absolute atomic E-state index is 10.7. The van der Waals surface area contributed by atoms with E-state index < -0.39 is 11.0 Å². The molecule has 33 heavy (non-hydrogen) atoms. The fraction of sp³-hybridized carbons (Fsp3) is 0.105. The lowest BCUT2D eigenvalue weighted by Crippen LogP contribution is -2.32. The number of nitrogens with one attached hydrogen (secondary N) is 2. The molecule has 164 valence electrons. The lowest BCUT2D eigenvalue weighted by Gasteiger charge is -2.26. The second-order valence-corrected chi connectivity index (χ2v) is 6.71. The molecule has 0 saturated carbocycles. The van der Waals surface area contributed by atoms with Crippen molar-refractivity contribution in [2.45, 2.75) is 12.8 Å². The van der Waals surface area contributed by atoms with Crippen LogP contribution in [0.4, 0.5) is 23.1 Å². The first-order chi connectivity index (χ1) is 15.9.